The molecular weight excluding hydrogens is 271 g/mol. The molecule has 0 atom stereocenters. The monoisotopic (exact) mass is 292 g/mol. The maximum atomic E-state index is 14.0. The second-order valence-corrected chi connectivity index (χ2v) is 7.31. The minimum Gasteiger partial charge on any atom is -0.488 e. The van der Waals surface area contributed by atoms with Crippen molar-refractivity contribution in [1.29, 1.82) is 0 Å². The van der Waals surface area contributed by atoms with Crippen molar-refractivity contribution >= 4 is 11.3 Å². The maximum absolute atomic E-state index is 14.0. The number of ether oxygens (including phenoxy) is 1. The van der Waals surface area contributed by atoms with Crippen LogP contribution < -0.4 is 4.74 Å². The Hall–Kier alpha value is -1.35. The van der Waals surface area contributed by atoms with Gasteiger partial charge in [-0.05, 0) is 55.2 Å². The molecule has 1 nitrogen and oxygen atoms in total. The number of hydrogen-bond donors (Lipinski definition) is 0. The van der Waals surface area contributed by atoms with Crippen LogP contribution in [0.3, 0.4) is 0 Å². The lowest BCUT2D eigenvalue weighted by molar-refractivity contribution is 0.231. The minimum atomic E-state index is -0.304. The van der Waals surface area contributed by atoms with E-state index in [1.807, 2.05) is 19.9 Å². The number of thiophene rings is 1. The molecule has 1 aromatic heterocycles. The van der Waals surface area contributed by atoms with E-state index in [9.17, 15) is 4.39 Å². The quantitative estimate of drug-likeness (QED) is 0.711. The Morgan fingerprint density at radius 3 is 2.30 bits per heavy atom. The summed E-state index contributed by atoms with van der Waals surface area (Å²) in [5, 5.41) is 0. The summed E-state index contributed by atoms with van der Waals surface area (Å²) in [6.45, 7) is 10.3. The van der Waals surface area contributed by atoms with Gasteiger partial charge in [-0.25, -0.2) is 4.39 Å². The molecule has 0 saturated heterocycles. The van der Waals surface area contributed by atoms with E-state index in [4.69, 9.17) is 4.74 Å². The average molecular weight is 292 g/mol. The van der Waals surface area contributed by atoms with Crippen LogP contribution in [0, 0.1) is 5.82 Å². The maximum Gasteiger partial charge on any atom is 0.165 e. The van der Waals surface area contributed by atoms with E-state index in [0.717, 1.165) is 10.4 Å². The van der Waals surface area contributed by atoms with Gasteiger partial charge in [-0.2, -0.15) is 0 Å². The summed E-state index contributed by atoms with van der Waals surface area (Å²) in [5.74, 6) is 0.0123. The lowest BCUT2D eigenvalue weighted by Gasteiger charge is -2.15. The highest BCUT2D eigenvalue weighted by molar-refractivity contribution is 7.15. The van der Waals surface area contributed by atoms with Crippen molar-refractivity contribution in [1.82, 2.24) is 0 Å². The van der Waals surface area contributed by atoms with Crippen LogP contribution in [-0.2, 0) is 5.41 Å². The van der Waals surface area contributed by atoms with Crippen LogP contribution in [0.25, 0.3) is 10.4 Å². The zero-order chi connectivity index (χ0) is 14.9. The summed E-state index contributed by atoms with van der Waals surface area (Å²) in [5.41, 5.74) is 1.03. The van der Waals surface area contributed by atoms with E-state index in [0.29, 0.717) is 5.75 Å². The molecular formula is C17H21FOS. The number of benzene rings is 1. The highest BCUT2D eigenvalue weighted by atomic mass is 32.1. The Morgan fingerprint density at radius 2 is 1.80 bits per heavy atom. The van der Waals surface area contributed by atoms with Gasteiger partial charge in [0, 0.05) is 9.75 Å². The Bertz CT molecular complexity index is 593. The standard InChI is InChI=1S/C17H21FOS/c1-11(2)19-14-7-6-12(10-13(14)18)15-8-9-16(20-15)17(3,4)5/h6-11H,1-5H3. The smallest absolute Gasteiger partial charge is 0.165 e. The molecule has 0 aliphatic rings. The molecule has 2 aromatic rings. The van der Waals surface area contributed by atoms with E-state index < -0.39 is 0 Å². The molecule has 0 saturated carbocycles. The Kier molecular flexibility index (Phi) is 4.19. The van der Waals surface area contributed by atoms with E-state index in [-0.39, 0.29) is 17.3 Å². The normalized spacial score (nSPS) is 11.9. The summed E-state index contributed by atoms with van der Waals surface area (Å²) in [4.78, 5) is 2.39. The van der Waals surface area contributed by atoms with Gasteiger partial charge < -0.3 is 4.74 Å². The molecule has 0 unspecified atom stereocenters. The van der Waals surface area contributed by atoms with Crippen LogP contribution in [0.5, 0.6) is 5.75 Å². The van der Waals surface area contributed by atoms with Crippen molar-refractivity contribution in [3.63, 3.8) is 0 Å². The van der Waals surface area contributed by atoms with Gasteiger partial charge in [-0.3, -0.25) is 0 Å². The first kappa shape index (κ1) is 15.0. The summed E-state index contributed by atoms with van der Waals surface area (Å²) in [6.07, 6.45) is -0.0235. The van der Waals surface area contributed by atoms with Gasteiger partial charge in [0.1, 0.15) is 0 Å². The van der Waals surface area contributed by atoms with Crippen LogP contribution in [0.4, 0.5) is 4.39 Å². The van der Waals surface area contributed by atoms with E-state index >= 15 is 0 Å². The predicted molar refractivity (Wildman–Crippen MR) is 84.2 cm³/mol. The molecule has 3 heteroatoms. The van der Waals surface area contributed by atoms with Crippen molar-refractivity contribution in [2.75, 3.05) is 0 Å². The van der Waals surface area contributed by atoms with Crippen molar-refractivity contribution < 1.29 is 9.13 Å². The fourth-order valence-corrected chi connectivity index (χ4v) is 2.96. The molecule has 0 aliphatic heterocycles. The van der Waals surface area contributed by atoms with Crippen molar-refractivity contribution in [3.05, 3.63) is 41.0 Å². The first-order valence-corrected chi connectivity index (χ1v) is 7.66. The highest BCUT2D eigenvalue weighted by Gasteiger charge is 2.17. The van der Waals surface area contributed by atoms with Crippen LogP contribution in [0.2, 0.25) is 0 Å². The molecule has 1 aromatic carbocycles. The Morgan fingerprint density at radius 1 is 1.10 bits per heavy atom. The van der Waals surface area contributed by atoms with Crippen LogP contribution in [0.15, 0.2) is 30.3 Å². The average Bonchev–Trinajstić information content (AvgIpc) is 2.80. The lowest BCUT2D eigenvalue weighted by atomic mass is 9.95. The topological polar surface area (TPSA) is 9.23 Å². The molecule has 0 spiro atoms. The molecule has 0 N–H and O–H groups in total. The molecule has 2 rings (SSSR count). The fourth-order valence-electron chi connectivity index (χ4n) is 1.90. The second-order valence-electron chi connectivity index (χ2n) is 6.23. The van der Waals surface area contributed by atoms with Crippen LogP contribution >= 0.6 is 11.3 Å². The van der Waals surface area contributed by atoms with Gasteiger partial charge in [0.05, 0.1) is 6.10 Å². The number of rotatable bonds is 3. The summed E-state index contributed by atoms with van der Waals surface area (Å²) >= 11 is 1.71. The molecule has 1 heterocycles. The third-order valence-corrected chi connectivity index (χ3v) is 4.48. The van der Waals surface area contributed by atoms with Crippen molar-refractivity contribution in [2.45, 2.75) is 46.1 Å². The second kappa shape index (κ2) is 5.57. The summed E-state index contributed by atoms with van der Waals surface area (Å²) in [7, 11) is 0. The molecule has 0 fully saturated rings. The molecule has 108 valence electrons. The SMILES string of the molecule is CC(C)Oc1ccc(-c2ccc(C(C)(C)C)s2)cc1F. The van der Waals surface area contributed by atoms with Crippen molar-refractivity contribution in [2.24, 2.45) is 0 Å². The number of halogens is 1. The zero-order valence-electron chi connectivity index (χ0n) is 12.7. The predicted octanol–water partition coefficient (Wildman–Crippen LogP) is 5.64. The molecule has 0 radical (unpaired) electrons. The van der Waals surface area contributed by atoms with Crippen LogP contribution in [0.1, 0.15) is 39.5 Å². The van der Waals surface area contributed by atoms with Gasteiger partial charge in [0.2, 0.25) is 0 Å². The molecule has 0 bridgehead atoms. The largest absolute Gasteiger partial charge is 0.488 e. The van der Waals surface area contributed by atoms with Gasteiger partial charge in [-0.1, -0.05) is 20.8 Å². The first-order valence-electron chi connectivity index (χ1n) is 6.84. The fraction of sp³-hybridized carbons (Fsp3) is 0.412. The molecule has 0 amide bonds. The van der Waals surface area contributed by atoms with E-state index in [1.54, 1.807) is 23.5 Å². The first-order chi connectivity index (χ1) is 9.27. The number of hydrogen-bond acceptors (Lipinski definition) is 2. The Labute approximate surface area is 124 Å². The molecule has 0 aliphatic carbocycles. The van der Waals surface area contributed by atoms with Crippen molar-refractivity contribution in [3.8, 4) is 16.2 Å². The van der Waals surface area contributed by atoms with E-state index in [2.05, 4.69) is 32.9 Å². The van der Waals surface area contributed by atoms with Crippen LogP contribution in [-0.4, -0.2) is 6.10 Å². The lowest BCUT2D eigenvalue weighted by Crippen LogP contribution is -2.07. The zero-order valence-corrected chi connectivity index (χ0v) is 13.5. The van der Waals surface area contributed by atoms with Gasteiger partial charge >= 0.3 is 0 Å². The van der Waals surface area contributed by atoms with Gasteiger partial charge in [0.15, 0.2) is 11.6 Å². The summed E-state index contributed by atoms with van der Waals surface area (Å²) < 4.78 is 19.4. The van der Waals surface area contributed by atoms with E-state index in [1.165, 1.54) is 4.88 Å². The highest BCUT2D eigenvalue weighted by Crippen LogP contribution is 2.36. The minimum absolute atomic E-state index is 0.0235. The van der Waals surface area contributed by atoms with Gasteiger partial charge in [-0.15, -0.1) is 11.3 Å². The third-order valence-electron chi connectivity index (χ3n) is 2.92. The third kappa shape index (κ3) is 3.40. The Balaban J connectivity index is 2.30. The van der Waals surface area contributed by atoms with Gasteiger partial charge in [0.25, 0.3) is 0 Å². The summed E-state index contributed by atoms with van der Waals surface area (Å²) in [6, 6.07) is 9.36. The molecule has 20 heavy (non-hydrogen) atoms.